The van der Waals surface area contributed by atoms with Gasteiger partial charge in [0.1, 0.15) is 11.3 Å². The van der Waals surface area contributed by atoms with Crippen molar-refractivity contribution in [1.29, 1.82) is 0 Å². The monoisotopic (exact) mass is 263 g/mol. The summed E-state index contributed by atoms with van der Waals surface area (Å²) in [6.45, 7) is 7.06. The third-order valence-electron chi connectivity index (χ3n) is 2.56. The molecule has 18 heavy (non-hydrogen) atoms. The fourth-order valence-corrected chi connectivity index (χ4v) is 2.62. The van der Waals surface area contributed by atoms with Gasteiger partial charge < -0.3 is 9.73 Å². The number of aryl methyl sites for hydroxylation is 1. The van der Waals surface area contributed by atoms with Crippen molar-refractivity contribution in [2.24, 2.45) is 0 Å². The second kappa shape index (κ2) is 6.02. The first kappa shape index (κ1) is 13.1. The molecule has 2 rings (SSSR count). The molecule has 0 radical (unpaired) electrons. The first-order valence-corrected chi connectivity index (χ1v) is 6.80. The zero-order chi connectivity index (χ0) is 13.0. The van der Waals surface area contributed by atoms with Crippen LogP contribution in [0, 0.1) is 6.92 Å². The first-order chi connectivity index (χ1) is 8.70. The molecule has 0 aromatic carbocycles. The van der Waals surface area contributed by atoms with E-state index in [1.165, 1.54) is 17.3 Å². The second-order valence-corrected chi connectivity index (χ2v) is 4.97. The van der Waals surface area contributed by atoms with Crippen molar-refractivity contribution in [3.8, 4) is 0 Å². The highest BCUT2D eigenvalue weighted by atomic mass is 32.2. The number of aromatic nitrogens is 2. The van der Waals surface area contributed by atoms with E-state index in [1.54, 1.807) is 12.5 Å². The molecular formula is C13H17N3OS. The summed E-state index contributed by atoms with van der Waals surface area (Å²) in [5.41, 5.74) is 2.05. The predicted molar refractivity (Wildman–Crippen MR) is 71.7 cm³/mol. The Balaban J connectivity index is 2.22. The summed E-state index contributed by atoms with van der Waals surface area (Å²) >= 11 is 1.46. The molecule has 0 amide bonds. The Bertz CT molecular complexity index is 512. The quantitative estimate of drug-likeness (QED) is 0.897. The van der Waals surface area contributed by atoms with Gasteiger partial charge in [-0.25, -0.2) is 9.97 Å². The van der Waals surface area contributed by atoms with Gasteiger partial charge in [0.15, 0.2) is 0 Å². The summed E-state index contributed by atoms with van der Waals surface area (Å²) in [5, 5.41) is 4.96. The highest BCUT2D eigenvalue weighted by Gasteiger charge is 2.13. The van der Waals surface area contributed by atoms with Gasteiger partial charge in [0, 0.05) is 17.8 Å². The highest BCUT2D eigenvalue weighted by Crippen LogP contribution is 2.30. The lowest BCUT2D eigenvalue weighted by molar-refractivity contribution is 0.453. The molecule has 96 valence electrons. The summed E-state index contributed by atoms with van der Waals surface area (Å²) in [4.78, 5) is 8.70. The molecule has 0 aliphatic heterocycles. The van der Waals surface area contributed by atoms with Crippen LogP contribution >= 0.6 is 11.8 Å². The van der Waals surface area contributed by atoms with Crippen LogP contribution in [0.1, 0.15) is 31.1 Å². The van der Waals surface area contributed by atoms with Crippen LogP contribution < -0.4 is 5.32 Å². The van der Waals surface area contributed by atoms with Crippen molar-refractivity contribution in [2.45, 2.75) is 37.1 Å². The summed E-state index contributed by atoms with van der Waals surface area (Å²) < 4.78 is 5.35. The molecule has 0 aliphatic carbocycles. The lowest BCUT2D eigenvalue weighted by Gasteiger charge is -2.14. The van der Waals surface area contributed by atoms with Gasteiger partial charge in [-0.2, -0.15) is 0 Å². The summed E-state index contributed by atoms with van der Waals surface area (Å²) in [7, 11) is 0. The van der Waals surface area contributed by atoms with Crippen LogP contribution in [0.5, 0.6) is 0 Å². The molecule has 0 spiro atoms. The Kier molecular flexibility index (Phi) is 4.38. The van der Waals surface area contributed by atoms with Gasteiger partial charge in [-0.1, -0.05) is 13.0 Å². The van der Waals surface area contributed by atoms with Gasteiger partial charge in [0.2, 0.25) is 0 Å². The lowest BCUT2D eigenvalue weighted by atomic mass is 10.1. The van der Waals surface area contributed by atoms with Crippen LogP contribution in [0.25, 0.3) is 0 Å². The van der Waals surface area contributed by atoms with Crippen molar-refractivity contribution < 1.29 is 4.42 Å². The van der Waals surface area contributed by atoms with Gasteiger partial charge in [0.05, 0.1) is 5.69 Å². The Hall–Kier alpha value is -1.33. The van der Waals surface area contributed by atoms with E-state index >= 15 is 0 Å². The molecule has 0 fully saturated rings. The van der Waals surface area contributed by atoms with Crippen molar-refractivity contribution >= 4 is 11.8 Å². The van der Waals surface area contributed by atoms with Gasteiger partial charge in [-0.15, -0.1) is 0 Å². The topological polar surface area (TPSA) is 51.0 Å². The highest BCUT2D eigenvalue weighted by molar-refractivity contribution is 7.99. The van der Waals surface area contributed by atoms with Crippen LogP contribution in [-0.2, 0) is 0 Å². The summed E-state index contributed by atoms with van der Waals surface area (Å²) in [6.07, 6.45) is 3.44. The van der Waals surface area contributed by atoms with Crippen molar-refractivity contribution in [2.75, 3.05) is 6.54 Å². The minimum absolute atomic E-state index is 0.266. The van der Waals surface area contributed by atoms with Gasteiger partial charge in [0.25, 0.3) is 5.22 Å². The van der Waals surface area contributed by atoms with E-state index < -0.39 is 0 Å². The molecule has 1 N–H and O–H groups in total. The van der Waals surface area contributed by atoms with Crippen molar-refractivity contribution in [3.63, 3.8) is 0 Å². The van der Waals surface area contributed by atoms with Gasteiger partial charge in [-0.3, -0.25) is 0 Å². The molecule has 1 atom stereocenters. The van der Waals surface area contributed by atoms with Crippen LogP contribution in [0.2, 0.25) is 0 Å². The molecule has 2 aromatic heterocycles. The molecule has 2 aromatic rings. The number of nitrogens with one attached hydrogen (secondary N) is 1. The zero-order valence-corrected chi connectivity index (χ0v) is 11.6. The van der Waals surface area contributed by atoms with Crippen molar-refractivity contribution in [3.05, 3.63) is 35.9 Å². The van der Waals surface area contributed by atoms with E-state index in [1.807, 2.05) is 13.0 Å². The van der Waals surface area contributed by atoms with E-state index in [9.17, 15) is 0 Å². The normalized spacial score (nSPS) is 12.6. The lowest BCUT2D eigenvalue weighted by Crippen LogP contribution is -2.18. The predicted octanol–water partition coefficient (Wildman–Crippen LogP) is 3.20. The molecule has 1 unspecified atom stereocenters. The number of pyridine rings is 1. The number of nitrogens with zero attached hydrogens (tertiary/aromatic N) is 2. The maximum atomic E-state index is 5.35. The van der Waals surface area contributed by atoms with Crippen molar-refractivity contribution in [1.82, 2.24) is 15.3 Å². The Labute approximate surface area is 111 Å². The van der Waals surface area contributed by atoms with E-state index in [0.717, 1.165) is 17.3 Å². The molecule has 4 nitrogen and oxygen atoms in total. The fraction of sp³-hybridized carbons (Fsp3) is 0.385. The molecule has 0 saturated carbocycles. The average molecular weight is 263 g/mol. The number of rotatable bonds is 5. The maximum absolute atomic E-state index is 5.35. The smallest absolute Gasteiger partial charge is 0.262 e. The Morgan fingerprint density at radius 2 is 2.33 bits per heavy atom. The SMILES string of the molecule is CCNC(C)c1cccnc1Sc1nc(C)co1. The van der Waals surface area contributed by atoms with Crippen LogP contribution in [0.15, 0.2) is 39.3 Å². The van der Waals surface area contributed by atoms with E-state index in [2.05, 4.69) is 35.2 Å². The fourth-order valence-electron chi connectivity index (χ4n) is 1.70. The molecule has 0 aliphatic rings. The minimum Gasteiger partial charge on any atom is -0.439 e. The molecular weight excluding hydrogens is 246 g/mol. The minimum atomic E-state index is 0.266. The summed E-state index contributed by atoms with van der Waals surface area (Å²) in [6, 6.07) is 4.30. The number of hydrogen-bond acceptors (Lipinski definition) is 5. The molecule has 5 heteroatoms. The van der Waals surface area contributed by atoms with Crippen LogP contribution in [-0.4, -0.2) is 16.5 Å². The van der Waals surface area contributed by atoms with E-state index in [-0.39, 0.29) is 6.04 Å². The third kappa shape index (κ3) is 3.11. The molecule has 2 heterocycles. The van der Waals surface area contributed by atoms with Crippen LogP contribution in [0.4, 0.5) is 0 Å². The average Bonchev–Trinajstić information content (AvgIpc) is 2.76. The number of hydrogen-bond donors (Lipinski definition) is 1. The first-order valence-electron chi connectivity index (χ1n) is 5.99. The Morgan fingerprint density at radius 3 is 3.00 bits per heavy atom. The van der Waals surface area contributed by atoms with Gasteiger partial charge >= 0.3 is 0 Å². The summed E-state index contributed by atoms with van der Waals surface area (Å²) in [5.74, 6) is 0. The zero-order valence-electron chi connectivity index (χ0n) is 10.8. The third-order valence-corrected chi connectivity index (χ3v) is 3.46. The maximum Gasteiger partial charge on any atom is 0.262 e. The standard InChI is InChI=1S/C13H17N3OS/c1-4-14-10(3)11-6-5-7-15-12(11)18-13-16-9(2)8-17-13/h5-8,10,14H,4H2,1-3H3. The molecule has 0 saturated heterocycles. The van der Waals surface area contributed by atoms with Crippen LogP contribution in [0.3, 0.4) is 0 Å². The largest absolute Gasteiger partial charge is 0.439 e. The molecule has 0 bridgehead atoms. The van der Waals surface area contributed by atoms with Gasteiger partial charge in [-0.05, 0) is 38.2 Å². The van der Waals surface area contributed by atoms with E-state index in [0.29, 0.717) is 5.22 Å². The Morgan fingerprint density at radius 1 is 1.50 bits per heavy atom. The van der Waals surface area contributed by atoms with E-state index in [4.69, 9.17) is 4.42 Å². The second-order valence-electron chi connectivity index (χ2n) is 4.03. The number of oxazole rings is 1.